The van der Waals surface area contributed by atoms with Crippen LogP contribution in [-0.2, 0) is 11.3 Å². The first-order valence-electron chi connectivity index (χ1n) is 4.87. The maximum Gasteiger partial charge on any atom is 0.299 e. The summed E-state index contributed by atoms with van der Waals surface area (Å²) in [6.45, 7) is 3.52. The summed E-state index contributed by atoms with van der Waals surface area (Å²) in [6, 6.07) is 1.58. The molecule has 6 heteroatoms. The first-order valence-corrected chi connectivity index (χ1v) is 4.87. The zero-order valence-electron chi connectivity index (χ0n) is 9.56. The molecule has 0 saturated carbocycles. The van der Waals surface area contributed by atoms with Crippen LogP contribution in [0.1, 0.15) is 12.6 Å². The lowest BCUT2D eigenvalue weighted by Crippen LogP contribution is -2.31. The van der Waals surface area contributed by atoms with Crippen molar-refractivity contribution in [3.8, 4) is 6.01 Å². The number of hydrogen-bond donors (Lipinski definition) is 1. The zero-order chi connectivity index (χ0) is 12.3. The molecular weight excluding hydrogens is 210 g/mol. The van der Waals surface area contributed by atoms with Crippen LogP contribution in [0.4, 0.5) is 0 Å². The highest BCUT2D eigenvalue weighted by molar-refractivity contribution is 5.76. The van der Waals surface area contributed by atoms with E-state index in [1.165, 1.54) is 17.7 Å². The number of amides is 1. The summed E-state index contributed by atoms with van der Waals surface area (Å²) < 4.78 is 6.28. The Morgan fingerprint density at radius 1 is 1.69 bits per heavy atom. The molecule has 6 nitrogen and oxygen atoms in total. The van der Waals surface area contributed by atoms with Gasteiger partial charge in [-0.1, -0.05) is 6.92 Å². The molecular formula is C10H15N3O3. The number of aromatic nitrogens is 2. The van der Waals surface area contributed by atoms with Crippen LogP contribution < -0.4 is 16.0 Å². The third kappa shape index (κ3) is 2.59. The number of rotatable bonds is 4. The van der Waals surface area contributed by atoms with Crippen molar-refractivity contribution in [2.24, 2.45) is 11.7 Å². The molecule has 0 bridgehead atoms. The van der Waals surface area contributed by atoms with Gasteiger partial charge in [-0.25, -0.2) is 4.98 Å². The van der Waals surface area contributed by atoms with Gasteiger partial charge in [-0.15, -0.1) is 0 Å². The Bertz CT molecular complexity index is 453. The van der Waals surface area contributed by atoms with Crippen molar-refractivity contribution in [1.29, 1.82) is 0 Å². The van der Waals surface area contributed by atoms with Crippen molar-refractivity contribution in [3.63, 3.8) is 0 Å². The molecule has 0 saturated heterocycles. The highest BCUT2D eigenvalue weighted by Crippen LogP contribution is 2.07. The van der Waals surface area contributed by atoms with Crippen LogP contribution in [0.5, 0.6) is 6.01 Å². The number of methoxy groups -OCH3 is 1. The Labute approximate surface area is 93.0 Å². The predicted molar refractivity (Wildman–Crippen MR) is 58.1 cm³/mol. The summed E-state index contributed by atoms with van der Waals surface area (Å²) >= 11 is 0. The molecule has 1 aromatic rings. The summed E-state index contributed by atoms with van der Waals surface area (Å²) in [5.41, 5.74) is 5.46. The van der Waals surface area contributed by atoms with Gasteiger partial charge in [0.05, 0.1) is 13.0 Å². The van der Waals surface area contributed by atoms with Gasteiger partial charge >= 0.3 is 0 Å². The highest BCUT2D eigenvalue weighted by Gasteiger charge is 2.14. The molecule has 0 aliphatic heterocycles. The normalized spacial score (nSPS) is 12.2. The van der Waals surface area contributed by atoms with Gasteiger partial charge in [0.15, 0.2) is 0 Å². The molecule has 1 aromatic heterocycles. The SMILES string of the molecule is COc1nc(C)cc(=O)n1CC(C)C(N)=O. The quantitative estimate of drug-likeness (QED) is 0.760. The van der Waals surface area contributed by atoms with E-state index >= 15 is 0 Å². The Balaban J connectivity index is 3.12. The summed E-state index contributed by atoms with van der Waals surface area (Å²) in [7, 11) is 1.42. The molecule has 0 aliphatic rings. The number of nitrogens with zero attached hydrogens (tertiary/aromatic N) is 2. The van der Waals surface area contributed by atoms with Crippen LogP contribution in [0.15, 0.2) is 10.9 Å². The van der Waals surface area contributed by atoms with Crippen molar-refractivity contribution in [2.45, 2.75) is 20.4 Å². The highest BCUT2D eigenvalue weighted by atomic mass is 16.5. The van der Waals surface area contributed by atoms with E-state index < -0.39 is 11.8 Å². The first-order chi connectivity index (χ1) is 7.45. The third-order valence-electron chi connectivity index (χ3n) is 2.23. The standard InChI is InChI=1S/C10H15N3O3/c1-6(9(11)15)5-13-8(14)4-7(2)12-10(13)16-3/h4,6H,5H2,1-3H3,(H2,11,15). The second-order valence-corrected chi connectivity index (χ2v) is 3.64. The van der Waals surface area contributed by atoms with Gasteiger partial charge in [-0.2, -0.15) is 0 Å². The van der Waals surface area contributed by atoms with E-state index in [1.807, 2.05) is 0 Å². The molecule has 1 atom stereocenters. The van der Waals surface area contributed by atoms with Gasteiger partial charge < -0.3 is 10.5 Å². The number of primary amides is 1. The summed E-state index contributed by atoms with van der Waals surface area (Å²) in [6.07, 6.45) is 0. The molecule has 0 fully saturated rings. The van der Waals surface area contributed by atoms with E-state index in [1.54, 1.807) is 13.8 Å². The minimum atomic E-state index is -0.463. The number of hydrogen-bond acceptors (Lipinski definition) is 4. The average Bonchev–Trinajstić information content (AvgIpc) is 2.21. The molecule has 2 N–H and O–H groups in total. The maximum atomic E-state index is 11.7. The van der Waals surface area contributed by atoms with Gasteiger partial charge in [0.2, 0.25) is 5.91 Å². The maximum absolute atomic E-state index is 11.7. The molecule has 1 heterocycles. The van der Waals surface area contributed by atoms with Gasteiger partial charge in [-0.05, 0) is 6.92 Å². The average molecular weight is 225 g/mol. The largest absolute Gasteiger partial charge is 0.468 e. The van der Waals surface area contributed by atoms with E-state index in [2.05, 4.69) is 4.98 Å². The van der Waals surface area contributed by atoms with Gasteiger partial charge in [0.1, 0.15) is 0 Å². The lowest BCUT2D eigenvalue weighted by atomic mass is 10.2. The van der Waals surface area contributed by atoms with Crippen LogP contribution in [0.25, 0.3) is 0 Å². The predicted octanol–water partition coefficient (Wildman–Crippen LogP) is -0.318. The Kier molecular flexibility index (Phi) is 3.65. The number of aryl methyl sites for hydroxylation is 1. The van der Waals surface area contributed by atoms with Crippen LogP contribution in [0, 0.1) is 12.8 Å². The van der Waals surface area contributed by atoms with E-state index in [9.17, 15) is 9.59 Å². The minimum Gasteiger partial charge on any atom is -0.468 e. The van der Waals surface area contributed by atoms with Crippen LogP contribution >= 0.6 is 0 Å². The van der Waals surface area contributed by atoms with Crippen molar-refractivity contribution in [1.82, 2.24) is 9.55 Å². The lowest BCUT2D eigenvalue weighted by molar-refractivity contribution is -0.121. The smallest absolute Gasteiger partial charge is 0.299 e. The second kappa shape index (κ2) is 4.78. The zero-order valence-corrected chi connectivity index (χ0v) is 9.56. The summed E-state index contributed by atoms with van der Waals surface area (Å²) in [5, 5.41) is 0. The van der Waals surface area contributed by atoms with Crippen molar-refractivity contribution >= 4 is 5.91 Å². The van der Waals surface area contributed by atoms with E-state index in [-0.39, 0.29) is 18.1 Å². The monoisotopic (exact) mass is 225 g/mol. The molecule has 88 valence electrons. The fraction of sp³-hybridized carbons (Fsp3) is 0.500. The molecule has 1 unspecified atom stereocenters. The molecule has 0 aromatic carbocycles. The second-order valence-electron chi connectivity index (χ2n) is 3.64. The molecule has 1 rings (SSSR count). The van der Waals surface area contributed by atoms with Crippen molar-refractivity contribution in [2.75, 3.05) is 7.11 Å². The van der Waals surface area contributed by atoms with Crippen molar-refractivity contribution in [3.05, 3.63) is 22.1 Å². The fourth-order valence-electron chi connectivity index (χ4n) is 1.28. The molecule has 0 radical (unpaired) electrons. The topological polar surface area (TPSA) is 87.2 Å². The van der Waals surface area contributed by atoms with E-state index in [4.69, 9.17) is 10.5 Å². The number of carbonyl (C=O) groups excluding carboxylic acids is 1. The summed E-state index contributed by atoms with van der Waals surface area (Å²) in [5.74, 6) is -0.911. The van der Waals surface area contributed by atoms with Gasteiger partial charge in [0.25, 0.3) is 11.6 Å². The van der Waals surface area contributed by atoms with Crippen LogP contribution in [-0.4, -0.2) is 22.6 Å². The molecule has 1 amide bonds. The lowest BCUT2D eigenvalue weighted by Gasteiger charge is -2.13. The van der Waals surface area contributed by atoms with Crippen LogP contribution in [0.3, 0.4) is 0 Å². The van der Waals surface area contributed by atoms with Crippen LogP contribution in [0.2, 0.25) is 0 Å². The Morgan fingerprint density at radius 2 is 2.31 bits per heavy atom. The fourth-order valence-corrected chi connectivity index (χ4v) is 1.28. The van der Waals surface area contributed by atoms with Crippen molar-refractivity contribution < 1.29 is 9.53 Å². The third-order valence-corrected chi connectivity index (χ3v) is 2.23. The first kappa shape index (κ1) is 12.2. The molecule has 0 spiro atoms. The number of carbonyl (C=O) groups is 1. The summed E-state index contributed by atoms with van der Waals surface area (Å²) in [4.78, 5) is 26.6. The Hall–Kier alpha value is -1.85. The Morgan fingerprint density at radius 3 is 2.81 bits per heavy atom. The molecule has 0 aliphatic carbocycles. The van der Waals surface area contributed by atoms with Gasteiger partial charge in [-0.3, -0.25) is 14.2 Å². The van der Waals surface area contributed by atoms with E-state index in [0.717, 1.165) is 0 Å². The number of ether oxygens (including phenoxy) is 1. The molecule has 16 heavy (non-hydrogen) atoms. The number of nitrogens with two attached hydrogens (primary N) is 1. The minimum absolute atomic E-state index is 0.171. The van der Waals surface area contributed by atoms with E-state index in [0.29, 0.717) is 5.69 Å². The van der Waals surface area contributed by atoms with Gasteiger partial charge in [0, 0.05) is 18.3 Å².